The average molecular weight is 392 g/mol. The van der Waals surface area contributed by atoms with Gasteiger partial charge in [-0.15, -0.1) is 5.10 Å². The van der Waals surface area contributed by atoms with Gasteiger partial charge in [0.05, 0.1) is 18.9 Å². The number of carbonyl (C=O) groups excluding carboxylic acids is 2. The quantitative estimate of drug-likeness (QED) is 0.725. The smallest absolute Gasteiger partial charge is 0.255 e. The van der Waals surface area contributed by atoms with Gasteiger partial charge in [-0.2, -0.15) is 0 Å². The first kappa shape index (κ1) is 18.8. The SMILES string of the molecule is Cc1c(NC(=O)c2ccc(-n3cnnn3)cc2)cccc1C(=O)N1CCOCC1. The van der Waals surface area contributed by atoms with Gasteiger partial charge in [0.15, 0.2) is 0 Å². The van der Waals surface area contributed by atoms with Crippen molar-refractivity contribution >= 4 is 17.5 Å². The second kappa shape index (κ2) is 8.19. The molecule has 0 spiro atoms. The van der Waals surface area contributed by atoms with Crippen LogP contribution in [0, 0.1) is 6.92 Å². The lowest BCUT2D eigenvalue weighted by Crippen LogP contribution is -2.41. The molecule has 1 aromatic heterocycles. The molecule has 148 valence electrons. The van der Waals surface area contributed by atoms with E-state index in [1.54, 1.807) is 47.4 Å². The summed E-state index contributed by atoms with van der Waals surface area (Å²) >= 11 is 0. The Morgan fingerprint density at radius 1 is 1.07 bits per heavy atom. The first-order chi connectivity index (χ1) is 14.1. The molecule has 2 aromatic carbocycles. The summed E-state index contributed by atoms with van der Waals surface area (Å²) in [4.78, 5) is 27.3. The van der Waals surface area contributed by atoms with Crippen molar-refractivity contribution in [1.82, 2.24) is 25.1 Å². The Morgan fingerprint density at radius 3 is 2.52 bits per heavy atom. The van der Waals surface area contributed by atoms with Crippen molar-refractivity contribution in [2.24, 2.45) is 0 Å². The van der Waals surface area contributed by atoms with Crippen LogP contribution >= 0.6 is 0 Å². The molecule has 0 unspecified atom stereocenters. The van der Waals surface area contributed by atoms with Gasteiger partial charge < -0.3 is 15.0 Å². The van der Waals surface area contributed by atoms with Crippen LogP contribution in [-0.4, -0.2) is 63.2 Å². The Kier molecular flexibility index (Phi) is 5.30. The summed E-state index contributed by atoms with van der Waals surface area (Å²) in [6.07, 6.45) is 1.48. The second-order valence-corrected chi connectivity index (χ2v) is 6.64. The maximum atomic E-state index is 12.8. The Labute approximate surface area is 167 Å². The minimum atomic E-state index is -0.257. The third-order valence-electron chi connectivity index (χ3n) is 4.85. The number of anilines is 1. The van der Waals surface area contributed by atoms with Crippen molar-refractivity contribution in [2.45, 2.75) is 6.92 Å². The number of ether oxygens (including phenoxy) is 1. The van der Waals surface area contributed by atoms with E-state index < -0.39 is 0 Å². The lowest BCUT2D eigenvalue weighted by atomic mass is 10.0. The minimum absolute atomic E-state index is 0.0484. The second-order valence-electron chi connectivity index (χ2n) is 6.64. The zero-order valence-corrected chi connectivity index (χ0v) is 15.9. The summed E-state index contributed by atoms with van der Waals surface area (Å²) in [5, 5.41) is 13.9. The standard InChI is InChI=1S/C20H20N6O3/c1-14-17(20(28)25-9-11-29-12-10-25)3-2-4-18(14)22-19(27)15-5-7-16(8-6-15)26-13-21-23-24-26/h2-8,13H,9-12H2,1H3,(H,22,27). The van der Waals surface area contributed by atoms with E-state index in [0.717, 1.165) is 11.3 Å². The molecule has 9 nitrogen and oxygen atoms in total. The van der Waals surface area contributed by atoms with Gasteiger partial charge >= 0.3 is 0 Å². The summed E-state index contributed by atoms with van der Waals surface area (Å²) in [5.74, 6) is -0.306. The number of benzene rings is 2. The lowest BCUT2D eigenvalue weighted by molar-refractivity contribution is 0.0302. The van der Waals surface area contributed by atoms with E-state index in [1.807, 2.05) is 6.92 Å². The van der Waals surface area contributed by atoms with Crippen LogP contribution < -0.4 is 5.32 Å². The molecular formula is C20H20N6O3. The topological polar surface area (TPSA) is 102 Å². The molecule has 0 bridgehead atoms. The fraction of sp³-hybridized carbons (Fsp3) is 0.250. The number of nitrogens with zero attached hydrogens (tertiary/aromatic N) is 5. The maximum Gasteiger partial charge on any atom is 0.255 e. The fourth-order valence-corrected chi connectivity index (χ4v) is 3.18. The van der Waals surface area contributed by atoms with Gasteiger partial charge in [0.25, 0.3) is 11.8 Å². The summed E-state index contributed by atoms with van der Waals surface area (Å²) < 4.78 is 6.82. The van der Waals surface area contributed by atoms with E-state index in [2.05, 4.69) is 20.8 Å². The van der Waals surface area contributed by atoms with Crippen LogP contribution in [0.25, 0.3) is 5.69 Å². The van der Waals surface area contributed by atoms with Crippen molar-refractivity contribution in [2.75, 3.05) is 31.6 Å². The Morgan fingerprint density at radius 2 is 1.83 bits per heavy atom. The van der Waals surface area contributed by atoms with Crippen molar-refractivity contribution in [3.05, 3.63) is 65.5 Å². The molecule has 0 atom stereocenters. The maximum absolute atomic E-state index is 12.8. The number of nitrogens with one attached hydrogen (secondary N) is 1. The molecule has 1 aliphatic rings. The number of aromatic nitrogens is 4. The van der Waals surface area contributed by atoms with Crippen molar-refractivity contribution in [3.8, 4) is 5.69 Å². The van der Waals surface area contributed by atoms with Crippen LogP contribution in [0.3, 0.4) is 0 Å². The van der Waals surface area contributed by atoms with Gasteiger partial charge in [-0.1, -0.05) is 6.07 Å². The van der Waals surface area contributed by atoms with Gasteiger partial charge in [0.1, 0.15) is 6.33 Å². The van der Waals surface area contributed by atoms with Crippen LogP contribution in [0.4, 0.5) is 5.69 Å². The van der Waals surface area contributed by atoms with Gasteiger partial charge in [-0.3, -0.25) is 9.59 Å². The first-order valence-electron chi connectivity index (χ1n) is 9.25. The molecule has 1 aliphatic heterocycles. The number of morpholine rings is 1. The average Bonchev–Trinajstić information content (AvgIpc) is 3.30. The third-order valence-corrected chi connectivity index (χ3v) is 4.85. The number of tetrazole rings is 1. The summed E-state index contributed by atoms with van der Waals surface area (Å²) in [5.41, 5.74) is 3.17. The predicted molar refractivity (Wildman–Crippen MR) is 105 cm³/mol. The largest absolute Gasteiger partial charge is 0.378 e. The number of hydrogen-bond acceptors (Lipinski definition) is 6. The number of rotatable bonds is 4. The lowest BCUT2D eigenvalue weighted by Gasteiger charge is -2.27. The highest BCUT2D eigenvalue weighted by atomic mass is 16.5. The zero-order chi connectivity index (χ0) is 20.2. The Bertz CT molecular complexity index is 1010. The molecule has 29 heavy (non-hydrogen) atoms. The Hall–Kier alpha value is -3.59. The van der Waals surface area contributed by atoms with Crippen LogP contribution in [0.2, 0.25) is 0 Å². The third kappa shape index (κ3) is 3.99. The highest BCUT2D eigenvalue weighted by molar-refractivity contribution is 6.06. The van der Waals surface area contributed by atoms with Crippen LogP contribution in [-0.2, 0) is 4.74 Å². The number of carbonyl (C=O) groups is 2. The van der Waals surface area contributed by atoms with Crippen LogP contribution in [0.1, 0.15) is 26.3 Å². The molecule has 1 fully saturated rings. The fourth-order valence-electron chi connectivity index (χ4n) is 3.18. The monoisotopic (exact) mass is 392 g/mol. The van der Waals surface area contributed by atoms with E-state index in [9.17, 15) is 9.59 Å². The number of amides is 2. The molecule has 0 saturated carbocycles. The normalized spacial score (nSPS) is 13.9. The molecule has 0 radical (unpaired) electrons. The predicted octanol–water partition coefficient (Wildman–Crippen LogP) is 1.70. The summed E-state index contributed by atoms with van der Waals surface area (Å²) in [6, 6.07) is 12.3. The molecular weight excluding hydrogens is 372 g/mol. The Balaban J connectivity index is 1.50. The summed E-state index contributed by atoms with van der Waals surface area (Å²) in [6.45, 7) is 4.07. The van der Waals surface area contributed by atoms with E-state index >= 15 is 0 Å². The van der Waals surface area contributed by atoms with E-state index in [1.165, 1.54) is 11.0 Å². The van der Waals surface area contributed by atoms with E-state index in [4.69, 9.17) is 4.74 Å². The van der Waals surface area contributed by atoms with Crippen molar-refractivity contribution in [1.29, 1.82) is 0 Å². The highest BCUT2D eigenvalue weighted by Crippen LogP contribution is 2.22. The van der Waals surface area contributed by atoms with Gasteiger partial charge in [0.2, 0.25) is 0 Å². The van der Waals surface area contributed by atoms with Crippen LogP contribution in [0.15, 0.2) is 48.8 Å². The summed E-state index contributed by atoms with van der Waals surface area (Å²) in [7, 11) is 0. The molecule has 9 heteroatoms. The van der Waals surface area contributed by atoms with Gasteiger partial charge in [-0.05, 0) is 59.3 Å². The van der Waals surface area contributed by atoms with Crippen molar-refractivity contribution < 1.29 is 14.3 Å². The molecule has 4 rings (SSSR count). The zero-order valence-electron chi connectivity index (χ0n) is 15.9. The van der Waals surface area contributed by atoms with E-state index in [0.29, 0.717) is 43.1 Å². The molecule has 1 N–H and O–H groups in total. The van der Waals surface area contributed by atoms with E-state index in [-0.39, 0.29) is 11.8 Å². The number of hydrogen-bond donors (Lipinski definition) is 1. The molecule has 0 aliphatic carbocycles. The molecule has 2 amide bonds. The molecule has 3 aromatic rings. The van der Waals surface area contributed by atoms with Gasteiger partial charge in [0, 0.05) is 29.9 Å². The van der Waals surface area contributed by atoms with Crippen molar-refractivity contribution in [3.63, 3.8) is 0 Å². The van der Waals surface area contributed by atoms with Gasteiger partial charge in [-0.25, -0.2) is 4.68 Å². The first-order valence-corrected chi connectivity index (χ1v) is 9.25. The highest BCUT2D eigenvalue weighted by Gasteiger charge is 2.21. The molecule has 2 heterocycles. The minimum Gasteiger partial charge on any atom is -0.378 e. The van der Waals surface area contributed by atoms with Crippen LogP contribution in [0.5, 0.6) is 0 Å². The molecule has 1 saturated heterocycles.